The Morgan fingerprint density at radius 2 is 1.95 bits per heavy atom. The summed E-state index contributed by atoms with van der Waals surface area (Å²) in [7, 11) is 4.03. The van der Waals surface area contributed by atoms with E-state index in [1.807, 2.05) is 13.1 Å². The molecule has 0 saturated heterocycles. The first-order valence-corrected chi connectivity index (χ1v) is 7.12. The summed E-state index contributed by atoms with van der Waals surface area (Å²) in [6.45, 7) is 9.03. The van der Waals surface area contributed by atoms with Gasteiger partial charge < -0.3 is 10.2 Å². The van der Waals surface area contributed by atoms with Gasteiger partial charge in [-0.25, -0.2) is 9.97 Å². The fourth-order valence-corrected chi connectivity index (χ4v) is 2.06. The van der Waals surface area contributed by atoms with E-state index in [2.05, 4.69) is 49.9 Å². The zero-order valence-corrected chi connectivity index (χ0v) is 13.0. The molecule has 19 heavy (non-hydrogen) atoms. The molecule has 1 aromatic heterocycles. The Kier molecular flexibility index (Phi) is 3.70. The van der Waals surface area contributed by atoms with E-state index in [1.54, 1.807) is 0 Å². The van der Waals surface area contributed by atoms with Crippen LogP contribution in [0.2, 0.25) is 0 Å². The molecule has 1 aliphatic carbocycles. The Balaban J connectivity index is 2.30. The van der Waals surface area contributed by atoms with Crippen LogP contribution in [-0.4, -0.2) is 30.1 Å². The molecule has 1 N–H and O–H groups in total. The number of hydrogen-bond acceptors (Lipinski definition) is 4. The molecular weight excluding hydrogens is 236 g/mol. The van der Waals surface area contributed by atoms with Crippen LogP contribution in [0.5, 0.6) is 0 Å². The van der Waals surface area contributed by atoms with Crippen molar-refractivity contribution in [3.05, 3.63) is 11.9 Å². The number of hydrogen-bond donors (Lipinski definition) is 1. The largest absolute Gasteiger partial charge is 0.373 e. The van der Waals surface area contributed by atoms with Gasteiger partial charge in [-0.3, -0.25) is 0 Å². The van der Waals surface area contributed by atoms with Crippen LogP contribution in [0.3, 0.4) is 0 Å². The van der Waals surface area contributed by atoms with Crippen LogP contribution in [0, 0.1) is 5.41 Å². The molecular formula is C15H26N4. The third-order valence-electron chi connectivity index (χ3n) is 4.12. The summed E-state index contributed by atoms with van der Waals surface area (Å²) in [4.78, 5) is 11.6. The Morgan fingerprint density at radius 3 is 2.42 bits per heavy atom. The first-order valence-electron chi connectivity index (χ1n) is 7.12. The van der Waals surface area contributed by atoms with E-state index in [0.717, 1.165) is 17.5 Å². The first-order chi connectivity index (χ1) is 8.82. The average Bonchev–Trinajstić information content (AvgIpc) is 3.19. The molecule has 1 atom stereocenters. The second-order valence-electron chi connectivity index (χ2n) is 6.65. The summed E-state index contributed by atoms with van der Waals surface area (Å²) in [5.41, 5.74) is 0.221. The average molecular weight is 262 g/mol. The van der Waals surface area contributed by atoms with Gasteiger partial charge in [0.15, 0.2) is 0 Å². The van der Waals surface area contributed by atoms with E-state index in [0.29, 0.717) is 12.0 Å². The predicted octanol–water partition coefficient (Wildman–Crippen LogP) is 3.27. The highest BCUT2D eigenvalue weighted by Gasteiger charge is 2.29. The molecule has 4 heteroatoms. The molecule has 0 amide bonds. The van der Waals surface area contributed by atoms with E-state index in [4.69, 9.17) is 4.98 Å². The van der Waals surface area contributed by atoms with Crippen molar-refractivity contribution < 1.29 is 0 Å². The van der Waals surface area contributed by atoms with Gasteiger partial charge in [0.25, 0.3) is 0 Å². The number of nitrogens with one attached hydrogen (secondary N) is 1. The normalized spacial score (nSPS) is 17.2. The van der Waals surface area contributed by atoms with Crippen LogP contribution in [0.15, 0.2) is 6.07 Å². The van der Waals surface area contributed by atoms with Gasteiger partial charge >= 0.3 is 0 Å². The zero-order chi connectivity index (χ0) is 14.2. The second kappa shape index (κ2) is 4.99. The van der Waals surface area contributed by atoms with Gasteiger partial charge in [0, 0.05) is 32.1 Å². The molecule has 1 aliphatic rings. The first kappa shape index (κ1) is 14.1. The highest BCUT2D eigenvalue weighted by Crippen LogP contribution is 2.39. The molecule has 1 heterocycles. The molecule has 0 spiro atoms. The van der Waals surface area contributed by atoms with Gasteiger partial charge in [0.05, 0.1) is 0 Å². The quantitative estimate of drug-likeness (QED) is 0.904. The maximum Gasteiger partial charge on any atom is 0.136 e. The lowest BCUT2D eigenvalue weighted by Crippen LogP contribution is -2.40. The summed E-state index contributed by atoms with van der Waals surface area (Å²) < 4.78 is 0. The third-order valence-corrected chi connectivity index (χ3v) is 4.12. The Morgan fingerprint density at radius 1 is 1.32 bits per heavy atom. The Hall–Kier alpha value is -1.32. The van der Waals surface area contributed by atoms with E-state index < -0.39 is 0 Å². The minimum absolute atomic E-state index is 0.221. The topological polar surface area (TPSA) is 41.0 Å². The van der Waals surface area contributed by atoms with Crippen molar-refractivity contribution in [3.8, 4) is 0 Å². The molecule has 0 aliphatic heterocycles. The fraction of sp³-hybridized carbons (Fsp3) is 0.733. The van der Waals surface area contributed by atoms with Gasteiger partial charge in [0.1, 0.15) is 17.5 Å². The molecule has 1 aromatic rings. The Labute approximate surface area is 116 Å². The van der Waals surface area contributed by atoms with Crippen LogP contribution < -0.4 is 10.2 Å². The van der Waals surface area contributed by atoms with Crippen LogP contribution in [0.4, 0.5) is 11.6 Å². The maximum absolute atomic E-state index is 4.75. The SMILES string of the molecule is CNc1cc(N(C)C(C)C(C)(C)C)nc(C2CC2)n1. The van der Waals surface area contributed by atoms with Crippen molar-refractivity contribution in [2.45, 2.75) is 52.5 Å². The van der Waals surface area contributed by atoms with Crippen molar-refractivity contribution in [1.82, 2.24) is 9.97 Å². The number of anilines is 2. The Bertz CT molecular complexity index is 446. The highest BCUT2D eigenvalue weighted by atomic mass is 15.2. The van der Waals surface area contributed by atoms with E-state index in [-0.39, 0.29) is 5.41 Å². The van der Waals surface area contributed by atoms with E-state index in [1.165, 1.54) is 12.8 Å². The van der Waals surface area contributed by atoms with Crippen LogP contribution in [0.1, 0.15) is 52.3 Å². The van der Waals surface area contributed by atoms with Crippen molar-refractivity contribution in [2.24, 2.45) is 5.41 Å². The fourth-order valence-electron chi connectivity index (χ4n) is 2.06. The van der Waals surface area contributed by atoms with Gasteiger partial charge in [-0.15, -0.1) is 0 Å². The predicted molar refractivity (Wildman–Crippen MR) is 80.9 cm³/mol. The van der Waals surface area contributed by atoms with Crippen molar-refractivity contribution in [1.29, 1.82) is 0 Å². The lowest BCUT2D eigenvalue weighted by Gasteiger charge is -2.36. The number of nitrogens with zero attached hydrogens (tertiary/aromatic N) is 3. The molecule has 2 rings (SSSR count). The van der Waals surface area contributed by atoms with Gasteiger partial charge in [-0.05, 0) is 25.2 Å². The van der Waals surface area contributed by atoms with Gasteiger partial charge in [0.2, 0.25) is 0 Å². The minimum atomic E-state index is 0.221. The zero-order valence-electron chi connectivity index (χ0n) is 13.0. The lowest BCUT2D eigenvalue weighted by molar-refractivity contribution is 0.328. The van der Waals surface area contributed by atoms with Crippen molar-refractivity contribution >= 4 is 11.6 Å². The summed E-state index contributed by atoms with van der Waals surface area (Å²) in [6.07, 6.45) is 2.45. The monoisotopic (exact) mass is 262 g/mol. The lowest BCUT2D eigenvalue weighted by atomic mass is 9.87. The third kappa shape index (κ3) is 3.17. The van der Waals surface area contributed by atoms with Crippen LogP contribution in [-0.2, 0) is 0 Å². The summed E-state index contributed by atoms with van der Waals surface area (Å²) >= 11 is 0. The van der Waals surface area contributed by atoms with Gasteiger partial charge in [-0.2, -0.15) is 0 Å². The molecule has 0 bridgehead atoms. The maximum atomic E-state index is 4.75. The number of rotatable bonds is 4. The smallest absolute Gasteiger partial charge is 0.136 e. The molecule has 0 aromatic carbocycles. The van der Waals surface area contributed by atoms with E-state index in [9.17, 15) is 0 Å². The van der Waals surface area contributed by atoms with Crippen molar-refractivity contribution in [3.63, 3.8) is 0 Å². The van der Waals surface area contributed by atoms with Crippen LogP contribution >= 0.6 is 0 Å². The van der Waals surface area contributed by atoms with Crippen molar-refractivity contribution in [2.75, 3.05) is 24.3 Å². The molecule has 1 fully saturated rings. The number of aromatic nitrogens is 2. The molecule has 106 valence electrons. The summed E-state index contributed by atoms with van der Waals surface area (Å²) in [5.74, 6) is 3.50. The van der Waals surface area contributed by atoms with Gasteiger partial charge in [-0.1, -0.05) is 20.8 Å². The van der Waals surface area contributed by atoms with E-state index >= 15 is 0 Å². The van der Waals surface area contributed by atoms with Crippen LogP contribution in [0.25, 0.3) is 0 Å². The minimum Gasteiger partial charge on any atom is -0.373 e. The highest BCUT2D eigenvalue weighted by molar-refractivity contribution is 5.50. The summed E-state index contributed by atoms with van der Waals surface area (Å²) in [5, 5.41) is 3.15. The standard InChI is InChI=1S/C15H26N4/c1-10(15(2,3)4)19(6)13-9-12(16-5)17-14(18-13)11-7-8-11/h9-11H,7-8H2,1-6H3,(H,16,17,18). The second-order valence-corrected chi connectivity index (χ2v) is 6.65. The molecule has 4 nitrogen and oxygen atoms in total. The molecule has 1 saturated carbocycles. The molecule has 1 unspecified atom stereocenters. The molecule has 0 radical (unpaired) electrons. The summed E-state index contributed by atoms with van der Waals surface area (Å²) in [6, 6.07) is 2.45.